The highest BCUT2D eigenvalue weighted by atomic mass is 16.6. The van der Waals surface area contributed by atoms with Gasteiger partial charge in [0.05, 0.1) is 25.4 Å². The van der Waals surface area contributed by atoms with Gasteiger partial charge < -0.3 is 29.2 Å². The van der Waals surface area contributed by atoms with Crippen LogP contribution in [0.5, 0.6) is 23.0 Å². The zero-order valence-corrected chi connectivity index (χ0v) is 15.9. The summed E-state index contributed by atoms with van der Waals surface area (Å²) < 4.78 is 21.3. The molecule has 0 saturated heterocycles. The molecule has 2 aromatic carbocycles. The van der Waals surface area contributed by atoms with E-state index in [1.165, 1.54) is 26.4 Å². The predicted octanol–water partition coefficient (Wildman–Crippen LogP) is 2.64. The average Bonchev–Trinajstić information content (AvgIpc) is 2.72. The monoisotopic (exact) mass is 400 g/mol. The molecule has 0 amide bonds. The van der Waals surface area contributed by atoms with Crippen molar-refractivity contribution in [2.75, 3.05) is 27.4 Å². The molecule has 2 aromatic rings. The molecule has 0 aromatic heterocycles. The van der Waals surface area contributed by atoms with Gasteiger partial charge in [0, 0.05) is 6.42 Å². The number of hydrogen-bond acceptors (Lipinski definition) is 6. The third-order valence-corrected chi connectivity index (χ3v) is 4.43. The average molecular weight is 400 g/mol. The van der Waals surface area contributed by atoms with Crippen molar-refractivity contribution in [1.82, 2.24) is 0 Å². The Balaban J connectivity index is 2.07. The number of rotatable bonds is 7. The van der Waals surface area contributed by atoms with Crippen molar-refractivity contribution in [3.63, 3.8) is 0 Å². The van der Waals surface area contributed by atoms with Gasteiger partial charge in [-0.15, -0.1) is 0 Å². The first kappa shape index (κ1) is 20.1. The van der Waals surface area contributed by atoms with Gasteiger partial charge in [0.2, 0.25) is 0 Å². The molecule has 0 bridgehead atoms. The highest BCUT2D eigenvalue weighted by Gasteiger charge is 2.24. The third-order valence-electron chi connectivity index (χ3n) is 4.43. The summed E-state index contributed by atoms with van der Waals surface area (Å²) in [7, 11) is 2.96. The van der Waals surface area contributed by atoms with E-state index in [0.717, 1.165) is 0 Å². The highest BCUT2D eigenvalue weighted by molar-refractivity contribution is 6.22. The summed E-state index contributed by atoms with van der Waals surface area (Å²) in [5.41, 5.74) is 0.210. The zero-order chi connectivity index (χ0) is 21.0. The van der Waals surface area contributed by atoms with Crippen molar-refractivity contribution in [1.29, 1.82) is 0 Å². The van der Waals surface area contributed by atoms with Gasteiger partial charge in [-0.05, 0) is 35.4 Å². The van der Waals surface area contributed by atoms with Gasteiger partial charge in [0.25, 0.3) is 0 Å². The first-order valence-corrected chi connectivity index (χ1v) is 8.75. The van der Waals surface area contributed by atoms with E-state index < -0.39 is 11.9 Å². The molecule has 1 aliphatic heterocycles. The van der Waals surface area contributed by atoms with Gasteiger partial charge in [-0.3, -0.25) is 0 Å². The number of methoxy groups -OCH3 is 2. The molecule has 0 unspecified atom stereocenters. The second-order valence-corrected chi connectivity index (χ2v) is 6.19. The molecule has 0 fully saturated rings. The fourth-order valence-electron chi connectivity index (χ4n) is 3.09. The van der Waals surface area contributed by atoms with Gasteiger partial charge in [-0.1, -0.05) is 12.1 Å². The van der Waals surface area contributed by atoms with E-state index in [0.29, 0.717) is 41.8 Å². The van der Waals surface area contributed by atoms with Gasteiger partial charge in [0.15, 0.2) is 23.0 Å². The van der Waals surface area contributed by atoms with Crippen LogP contribution in [0.3, 0.4) is 0 Å². The molecule has 8 heteroatoms. The van der Waals surface area contributed by atoms with E-state index in [-0.39, 0.29) is 23.1 Å². The van der Waals surface area contributed by atoms with Crippen molar-refractivity contribution < 1.29 is 38.7 Å². The maximum atomic E-state index is 12.0. The van der Waals surface area contributed by atoms with Crippen molar-refractivity contribution in [2.24, 2.45) is 0 Å². The van der Waals surface area contributed by atoms with E-state index in [9.17, 15) is 19.8 Å². The van der Waals surface area contributed by atoms with Crippen molar-refractivity contribution >= 4 is 17.5 Å². The zero-order valence-electron chi connectivity index (χ0n) is 15.9. The molecule has 0 atom stereocenters. The van der Waals surface area contributed by atoms with Crippen molar-refractivity contribution in [2.45, 2.75) is 6.42 Å². The Labute approximate surface area is 166 Å². The summed E-state index contributed by atoms with van der Waals surface area (Å²) in [5, 5.41) is 19.5. The van der Waals surface area contributed by atoms with Crippen LogP contribution in [-0.4, -0.2) is 49.6 Å². The van der Waals surface area contributed by atoms with E-state index in [2.05, 4.69) is 0 Å². The van der Waals surface area contributed by atoms with Gasteiger partial charge in [-0.25, -0.2) is 9.59 Å². The fraction of sp³-hybridized carbons (Fsp3) is 0.238. The summed E-state index contributed by atoms with van der Waals surface area (Å²) in [6.07, 6.45) is -0.119. The Kier molecular flexibility index (Phi) is 5.92. The molecule has 1 heterocycles. The maximum Gasteiger partial charge on any atom is 0.336 e. The van der Waals surface area contributed by atoms with Crippen LogP contribution in [0.15, 0.2) is 42.0 Å². The van der Waals surface area contributed by atoms with Gasteiger partial charge >= 0.3 is 11.9 Å². The van der Waals surface area contributed by atoms with Crippen LogP contribution >= 0.6 is 0 Å². The quantitative estimate of drug-likeness (QED) is 0.683. The lowest BCUT2D eigenvalue weighted by molar-refractivity contribution is -0.134. The standard InChI is InChI=1S/C21H20O8/c1-26-15-5-3-12(10-17(15)27-2)9-14(20(22)23)19(21(24)25)13-4-6-16-18(11-13)29-8-7-28-16/h3-6,10-11H,7-9H2,1-2H3,(H,22,23)(H,24,25)/b19-14-. The lowest BCUT2D eigenvalue weighted by Gasteiger charge is -2.19. The number of ether oxygens (including phenoxy) is 4. The Morgan fingerprint density at radius 1 is 0.897 bits per heavy atom. The minimum absolute atomic E-state index is 0.119. The smallest absolute Gasteiger partial charge is 0.336 e. The Morgan fingerprint density at radius 2 is 1.59 bits per heavy atom. The summed E-state index contributed by atoms with van der Waals surface area (Å²) in [6.45, 7) is 0.730. The van der Waals surface area contributed by atoms with Crippen LogP contribution in [0.1, 0.15) is 11.1 Å². The maximum absolute atomic E-state index is 12.0. The minimum atomic E-state index is -1.35. The van der Waals surface area contributed by atoms with E-state index in [4.69, 9.17) is 18.9 Å². The van der Waals surface area contributed by atoms with Crippen LogP contribution < -0.4 is 18.9 Å². The number of fused-ring (bicyclic) bond motifs is 1. The predicted molar refractivity (Wildman–Crippen MR) is 103 cm³/mol. The van der Waals surface area contributed by atoms with Crippen LogP contribution in [0, 0.1) is 0 Å². The minimum Gasteiger partial charge on any atom is -0.493 e. The number of carboxylic acids is 2. The second kappa shape index (κ2) is 8.55. The number of aliphatic carboxylic acids is 2. The number of carbonyl (C=O) groups is 2. The Morgan fingerprint density at radius 3 is 2.21 bits per heavy atom. The summed E-state index contributed by atoms with van der Waals surface area (Å²) >= 11 is 0. The van der Waals surface area contributed by atoms with E-state index in [1.54, 1.807) is 24.3 Å². The molecule has 2 N–H and O–H groups in total. The van der Waals surface area contributed by atoms with Gasteiger partial charge in [-0.2, -0.15) is 0 Å². The molecule has 0 radical (unpaired) electrons. The van der Waals surface area contributed by atoms with E-state index >= 15 is 0 Å². The van der Waals surface area contributed by atoms with Gasteiger partial charge in [0.1, 0.15) is 13.2 Å². The first-order chi connectivity index (χ1) is 13.9. The summed E-state index contributed by atoms with van der Waals surface area (Å²) in [6, 6.07) is 9.48. The molecule has 0 spiro atoms. The van der Waals surface area contributed by atoms with Crippen molar-refractivity contribution in [3.8, 4) is 23.0 Å². The summed E-state index contributed by atoms with van der Waals surface area (Å²) in [4.78, 5) is 23.9. The normalized spacial score (nSPS) is 13.3. The molecular formula is C21H20O8. The molecule has 152 valence electrons. The second-order valence-electron chi connectivity index (χ2n) is 6.19. The van der Waals surface area contributed by atoms with Crippen LogP contribution in [-0.2, 0) is 16.0 Å². The molecule has 0 saturated carbocycles. The highest BCUT2D eigenvalue weighted by Crippen LogP contribution is 2.35. The molecular weight excluding hydrogens is 380 g/mol. The van der Waals surface area contributed by atoms with Crippen LogP contribution in [0.4, 0.5) is 0 Å². The van der Waals surface area contributed by atoms with Crippen molar-refractivity contribution in [3.05, 3.63) is 53.1 Å². The molecule has 3 rings (SSSR count). The largest absolute Gasteiger partial charge is 0.493 e. The topological polar surface area (TPSA) is 112 Å². The Bertz CT molecular complexity index is 977. The summed E-state index contributed by atoms with van der Waals surface area (Å²) in [5.74, 6) is -0.898. The molecule has 1 aliphatic rings. The fourth-order valence-corrected chi connectivity index (χ4v) is 3.09. The van der Waals surface area contributed by atoms with Crippen LogP contribution in [0.2, 0.25) is 0 Å². The lowest BCUT2D eigenvalue weighted by atomic mass is 9.94. The van der Waals surface area contributed by atoms with Crippen LogP contribution in [0.25, 0.3) is 5.57 Å². The molecule has 0 aliphatic carbocycles. The third kappa shape index (κ3) is 4.26. The Hall–Kier alpha value is -3.68. The number of benzene rings is 2. The first-order valence-electron chi connectivity index (χ1n) is 8.75. The number of carboxylic acid groups (broad SMARTS) is 2. The lowest BCUT2D eigenvalue weighted by Crippen LogP contribution is -2.16. The molecule has 8 nitrogen and oxygen atoms in total. The van der Waals surface area contributed by atoms with E-state index in [1.807, 2.05) is 0 Å². The number of hydrogen-bond donors (Lipinski definition) is 2. The SMILES string of the molecule is COc1ccc(C/C(C(=O)O)=C(/C(=O)O)c2ccc3c(c2)OCCO3)cc1OC. The molecule has 29 heavy (non-hydrogen) atoms.